The summed E-state index contributed by atoms with van der Waals surface area (Å²) in [6.07, 6.45) is 6.73. The van der Waals surface area contributed by atoms with E-state index in [1.165, 1.54) is 23.1 Å². The van der Waals surface area contributed by atoms with Crippen LogP contribution < -0.4 is 0 Å². The van der Waals surface area contributed by atoms with E-state index in [1.807, 2.05) is 35.2 Å². The summed E-state index contributed by atoms with van der Waals surface area (Å²) in [6.45, 7) is 3.21. The molecule has 0 spiro atoms. The predicted octanol–water partition coefficient (Wildman–Crippen LogP) is 5.65. The minimum atomic E-state index is -0.192. The smallest absolute Gasteiger partial charge is 0.290 e. The van der Waals surface area contributed by atoms with Gasteiger partial charge in [-0.15, -0.1) is 11.3 Å². The maximum atomic E-state index is 13.6. The molecule has 0 radical (unpaired) electrons. The van der Waals surface area contributed by atoms with Crippen molar-refractivity contribution in [1.82, 2.24) is 9.80 Å². The van der Waals surface area contributed by atoms with Crippen molar-refractivity contribution in [3.8, 4) is 0 Å². The molecule has 1 aromatic carbocycles. The Balaban J connectivity index is 1.56. The Bertz CT molecular complexity index is 1010. The van der Waals surface area contributed by atoms with E-state index in [1.54, 1.807) is 28.4 Å². The lowest BCUT2D eigenvalue weighted by molar-refractivity contribution is -0.133. The topological polar surface area (TPSA) is 53.8 Å². The lowest BCUT2D eigenvalue weighted by Gasteiger charge is -2.35. The van der Waals surface area contributed by atoms with Crippen molar-refractivity contribution in [3.05, 3.63) is 81.9 Å². The number of carbonyl (C=O) groups is 2. The van der Waals surface area contributed by atoms with Gasteiger partial charge in [-0.05, 0) is 54.5 Å². The normalized spacial score (nSPS) is 14.3. The lowest BCUT2D eigenvalue weighted by Crippen LogP contribution is -2.47. The van der Waals surface area contributed by atoms with E-state index < -0.39 is 0 Å². The Labute approximate surface area is 193 Å². The Morgan fingerprint density at radius 1 is 1.00 bits per heavy atom. The number of thiophene rings is 1. The third-order valence-electron chi connectivity index (χ3n) is 6.19. The summed E-state index contributed by atoms with van der Waals surface area (Å²) in [4.78, 5) is 31.7. The Morgan fingerprint density at radius 3 is 2.44 bits per heavy atom. The maximum absolute atomic E-state index is 13.6. The number of hydrogen-bond acceptors (Lipinski definition) is 4. The molecule has 4 rings (SSSR count). The van der Waals surface area contributed by atoms with Crippen molar-refractivity contribution in [3.63, 3.8) is 0 Å². The first kappa shape index (κ1) is 22.3. The molecule has 3 aromatic rings. The second-order valence-corrected chi connectivity index (χ2v) is 9.47. The molecule has 0 unspecified atom stereocenters. The Kier molecular flexibility index (Phi) is 7.43. The minimum Gasteiger partial charge on any atom is -0.459 e. The van der Waals surface area contributed by atoms with E-state index in [-0.39, 0.29) is 24.4 Å². The number of furan rings is 1. The first-order valence-corrected chi connectivity index (χ1v) is 12.2. The Morgan fingerprint density at radius 2 is 1.78 bits per heavy atom. The van der Waals surface area contributed by atoms with Crippen LogP contribution in [-0.2, 0) is 17.9 Å². The zero-order chi connectivity index (χ0) is 22.3. The van der Waals surface area contributed by atoms with Gasteiger partial charge in [-0.1, -0.05) is 49.6 Å². The van der Waals surface area contributed by atoms with Crippen LogP contribution in [0, 0.1) is 6.92 Å². The SMILES string of the molecule is Cc1ccsc1CN(Cc1ccccc1)C(=O)CN(C(=O)c1ccco1)C1CCCCC1. The first-order valence-electron chi connectivity index (χ1n) is 11.3. The Hall–Kier alpha value is -2.86. The summed E-state index contributed by atoms with van der Waals surface area (Å²) in [5, 5.41) is 2.06. The summed E-state index contributed by atoms with van der Waals surface area (Å²) in [7, 11) is 0. The molecule has 1 fully saturated rings. The molecule has 1 aliphatic rings. The number of hydrogen-bond donors (Lipinski definition) is 0. The van der Waals surface area contributed by atoms with Crippen molar-refractivity contribution in [2.45, 2.75) is 58.2 Å². The van der Waals surface area contributed by atoms with Gasteiger partial charge in [0.15, 0.2) is 5.76 Å². The van der Waals surface area contributed by atoms with Gasteiger partial charge < -0.3 is 14.2 Å². The highest BCUT2D eigenvalue weighted by molar-refractivity contribution is 7.10. The number of nitrogens with zero attached hydrogens (tertiary/aromatic N) is 2. The van der Waals surface area contributed by atoms with Crippen LogP contribution in [0.1, 0.15) is 58.7 Å². The average molecular weight is 451 g/mol. The molecule has 6 heteroatoms. The molecule has 0 N–H and O–H groups in total. The average Bonchev–Trinajstić information content (AvgIpc) is 3.50. The fourth-order valence-corrected chi connectivity index (χ4v) is 5.24. The quantitative estimate of drug-likeness (QED) is 0.445. The largest absolute Gasteiger partial charge is 0.459 e. The highest BCUT2D eigenvalue weighted by Crippen LogP contribution is 2.25. The molecule has 0 saturated heterocycles. The van der Waals surface area contributed by atoms with Crippen LogP contribution in [0.25, 0.3) is 0 Å². The van der Waals surface area contributed by atoms with Gasteiger partial charge in [-0.25, -0.2) is 0 Å². The number of benzene rings is 1. The van der Waals surface area contributed by atoms with E-state index in [0.29, 0.717) is 18.8 Å². The number of rotatable bonds is 8. The van der Waals surface area contributed by atoms with Crippen molar-refractivity contribution >= 4 is 23.2 Å². The molecule has 2 heterocycles. The third-order valence-corrected chi connectivity index (χ3v) is 7.19. The lowest BCUT2D eigenvalue weighted by atomic mass is 9.94. The van der Waals surface area contributed by atoms with Gasteiger partial charge >= 0.3 is 0 Å². The molecule has 1 aliphatic carbocycles. The monoisotopic (exact) mass is 450 g/mol. The van der Waals surface area contributed by atoms with Gasteiger partial charge in [0.05, 0.1) is 12.8 Å². The molecular weight excluding hydrogens is 420 g/mol. The van der Waals surface area contributed by atoms with E-state index in [2.05, 4.69) is 18.4 Å². The van der Waals surface area contributed by atoms with Crippen LogP contribution in [0.2, 0.25) is 0 Å². The highest BCUT2D eigenvalue weighted by Gasteiger charge is 2.31. The molecule has 0 atom stereocenters. The maximum Gasteiger partial charge on any atom is 0.290 e. The zero-order valence-electron chi connectivity index (χ0n) is 18.5. The van der Waals surface area contributed by atoms with Crippen LogP contribution in [0.3, 0.4) is 0 Å². The highest BCUT2D eigenvalue weighted by atomic mass is 32.1. The summed E-state index contributed by atoms with van der Waals surface area (Å²) in [5.41, 5.74) is 2.27. The van der Waals surface area contributed by atoms with Gasteiger partial charge in [0.1, 0.15) is 6.54 Å². The predicted molar refractivity (Wildman–Crippen MR) is 126 cm³/mol. The third kappa shape index (κ3) is 5.49. The van der Waals surface area contributed by atoms with Crippen LogP contribution in [0.5, 0.6) is 0 Å². The van der Waals surface area contributed by atoms with Crippen LogP contribution in [-0.4, -0.2) is 34.2 Å². The standard InChI is InChI=1S/C26H30N2O3S/c1-20-14-16-32-24(20)18-27(17-21-9-4-2-5-10-21)25(29)19-28(22-11-6-3-7-12-22)26(30)23-13-8-15-31-23/h2,4-5,8-10,13-16,22H,3,6-7,11-12,17-19H2,1H3. The molecule has 2 aromatic heterocycles. The van der Waals surface area contributed by atoms with Gasteiger partial charge in [0.25, 0.3) is 5.91 Å². The minimum absolute atomic E-state index is 0.0351. The fraction of sp³-hybridized carbons (Fsp3) is 0.385. The fourth-order valence-electron chi connectivity index (χ4n) is 4.32. The van der Waals surface area contributed by atoms with Crippen molar-refractivity contribution in [2.24, 2.45) is 0 Å². The van der Waals surface area contributed by atoms with Gasteiger partial charge in [0.2, 0.25) is 5.91 Å². The van der Waals surface area contributed by atoms with Crippen molar-refractivity contribution in [2.75, 3.05) is 6.54 Å². The van der Waals surface area contributed by atoms with E-state index in [0.717, 1.165) is 31.2 Å². The molecule has 2 amide bonds. The number of aryl methyl sites for hydroxylation is 1. The summed E-state index contributed by atoms with van der Waals surface area (Å²) in [6, 6.07) is 15.6. The zero-order valence-corrected chi connectivity index (χ0v) is 19.4. The molecule has 32 heavy (non-hydrogen) atoms. The van der Waals surface area contributed by atoms with Crippen LogP contribution >= 0.6 is 11.3 Å². The molecule has 0 aliphatic heterocycles. The number of carbonyl (C=O) groups excluding carboxylic acids is 2. The van der Waals surface area contributed by atoms with Crippen LogP contribution in [0.15, 0.2) is 64.6 Å². The van der Waals surface area contributed by atoms with Crippen molar-refractivity contribution < 1.29 is 14.0 Å². The molecule has 1 saturated carbocycles. The first-order chi connectivity index (χ1) is 15.6. The second kappa shape index (κ2) is 10.6. The van der Waals surface area contributed by atoms with Crippen LogP contribution in [0.4, 0.5) is 0 Å². The van der Waals surface area contributed by atoms with Gasteiger partial charge in [-0.2, -0.15) is 0 Å². The van der Waals surface area contributed by atoms with Crippen molar-refractivity contribution in [1.29, 1.82) is 0 Å². The molecular formula is C26H30N2O3S. The van der Waals surface area contributed by atoms with E-state index in [4.69, 9.17) is 4.42 Å². The summed E-state index contributed by atoms with van der Waals surface area (Å²) < 4.78 is 5.39. The van der Waals surface area contributed by atoms with Gasteiger partial charge in [0, 0.05) is 17.5 Å². The molecule has 0 bridgehead atoms. The van der Waals surface area contributed by atoms with E-state index in [9.17, 15) is 9.59 Å². The summed E-state index contributed by atoms with van der Waals surface area (Å²) in [5.74, 6) is 0.0708. The molecule has 168 valence electrons. The van der Waals surface area contributed by atoms with Gasteiger partial charge in [-0.3, -0.25) is 9.59 Å². The van der Waals surface area contributed by atoms with E-state index >= 15 is 0 Å². The molecule has 5 nitrogen and oxygen atoms in total. The second-order valence-electron chi connectivity index (χ2n) is 8.46. The number of amides is 2. The summed E-state index contributed by atoms with van der Waals surface area (Å²) >= 11 is 1.67.